The van der Waals surface area contributed by atoms with Crippen LogP contribution in [0.3, 0.4) is 0 Å². The molecule has 17 heavy (non-hydrogen) atoms. The van der Waals surface area contributed by atoms with Crippen molar-refractivity contribution in [1.29, 1.82) is 0 Å². The molecule has 0 saturated heterocycles. The van der Waals surface area contributed by atoms with Crippen molar-refractivity contribution < 1.29 is 9.90 Å². The smallest absolute Gasteiger partial charge is 0.323 e. The van der Waals surface area contributed by atoms with Crippen LogP contribution in [-0.2, 0) is 11.3 Å². The Morgan fingerprint density at radius 2 is 2.29 bits per heavy atom. The SMILES string of the molecule is Cc1cccc2nc(C3CC3)n(CC(=O)O)c12. The number of benzene rings is 1. The molecule has 4 nitrogen and oxygen atoms in total. The van der Waals surface area contributed by atoms with Crippen molar-refractivity contribution in [3.63, 3.8) is 0 Å². The number of carboxylic acids is 1. The average molecular weight is 230 g/mol. The molecule has 0 spiro atoms. The van der Waals surface area contributed by atoms with Crippen molar-refractivity contribution in [1.82, 2.24) is 9.55 Å². The van der Waals surface area contributed by atoms with Crippen LogP contribution in [0.1, 0.15) is 30.1 Å². The summed E-state index contributed by atoms with van der Waals surface area (Å²) in [6, 6.07) is 5.91. The molecule has 0 atom stereocenters. The van der Waals surface area contributed by atoms with Crippen LogP contribution in [0, 0.1) is 6.92 Å². The van der Waals surface area contributed by atoms with Gasteiger partial charge in [0.05, 0.1) is 11.0 Å². The molecule has 1 heterocycles. The minimum Gasteiger partial charge on any atom is -0.480 e. The Balaban J connectivity index is 2.24. The van der Waals surface area contributed by atoms with Gasteiger partial charge in [-0.3, -0.25) is 4.79 Å². The highest BCUT2D eigenvalue weighted by molar-refractivity contribution is 5.81. The first-order valence-electron chi connectivity index (χ1n) is 5.84. The third-order valence-electron chi connectivity index (χ3n) is 3.23. The molecule has 0 unspecified atom stereocenters. The number of fused-ring (bicyclic) bond motifs is 1. The number of carbonyl (C=O) groups is 1. The van der Waals surface area contributed by atoms with E-state index in [-0.39, 0.29) is 6.54 Å². The van der Waals surface area contributed by atoms with Gasteiger partial charge < -0.3 is 9.67 Å². The van der Waals surface area contributed by atoms with Crippen molar-refractivity contribution >= 4 is 17.0 Å². The summed E-state index contributed by atoms with van der Waals surface area (Å²) in [5, 5.41) is 9.01. The van der Waals surface area contributed by atoms with Crippen molar-refractivity contribution in [3.8, 4) is 0 Å². The van der Waals surface area contributed by atoms with Gasteiger partial charge >= 0.3 is 5.97 Å². The Labute approximate surface area is 98.9 Å². The first kappa shape index (κ1) is 10.3. The second-order valence-electron chi connectivity index (χ2n) is 4.67. The van der Waals surface area contributed by atoms with Gasteiger partial charge in [-0.2, -0.15) is 0 Å². The number of hydrogen-bond donors (Lipinski definition) is 1. The zero-order valence-electron chi connectivity index (χ0n) is 9.68. The molecular formula is C13H14N2O2. The zero-order valence-corrected chi connectivity index (χ0v) is 9.68. The molecule has 1 fully saturated rings. The van der Waals surface area contributed by atoms with E-state index in [1.54, 1.807) is 0 Å². The number of aromatic nitrogens is 2. The largest absolute Gasteiger partial charge is 0.480 e. The minimum absolute atomic E-state index is 0.00713. The summed E-state index contributed by atoms with van der Waals surface area (Å²) in [4.78, 5) is 15.6. The fraction of sp³-hybridized carbons (Fsp3) is 0.385. The summed E-state index contributed by atoms with van der Waals surface area (Å²) in [7, 11) is 0. The summed E-state index contributed by atoms with van der Waals surface area (Å²) < 4.78 is 1.87. The lowest BCUT2D eigenvalue weighted by molar-refractivity contribution is -0.137. The van der Waals surface area contributed by atoms with Crippen LogP contribution in [0.25, 0.3) is 11.0 Å². The van der Waals surface area contributed by atoms with Crippen LogP contribution >= 0.6 is 0 Å². The second-order valence-corrected chi connectivity index (χ2v) is 4.67. The molecular weight excluding hydrogens is 216 g/mol. The summed E-state index contributed by atoms with van der Waals surface area (Å²) in [6.07, 6.45) is 2.25. The van der Waals surface area contributed by atoms with Gasteiger partial charge in [0.2, 0.25) is 0 Å². The Morgan fingerprint density at radius 3 is 2.94 bits per heavy atom. The maximum atomic E-state index is 11.0. The number of imidazole rings is 1. The van der Waals surface area contributed by atoms with Crippen molar-refractivity contribution in [2.24, 2.45) is 0 Å². The average Bonchev–Trinajstić information content (AvgIpc) is 3.03. The van der Waals surface area contributed by atoms with Gasteiger partial charge in [0.25, 0.3) is 0 Å². The highest BCUT2D eigenvalue weighted by Crippen LogP contribution is 2.41. The van der Waals surface area contributed by atoms with Crippen LogP contribution in [-0.4, -0.2) is 20.6 Å². The van der Waals surface area contributed by atoms with Gasteiger partial charge in [-0.05, 0) is 31.4 Å². The molecule has 4 heteroatoms. The molecule has 88 valence electrons. The predicted octanol–water partition coefficient (Wildman–Crippen LogP) is 2.31. The van der Waals surface area contributed by atoms with Crippen LogP contribution in [0.5, 0.6) is 0 Å². The zero-order chi connectivity index (χ0) is 12.0. The van der Waals surface area contributed by atoms with Gasteiger partial charge in [-0.25, -0.2) is 4.98 Å². The number of para-hydroxylation sites is 1. The molecule has 1 aliphatic rings. The van der Waals surface area contributed by atoms with Crippen molar-refractivity contribution in [2.75, 3.05) is 0 Å². The van der Waals surface area contributed by atoms with E-state index in [9.17, 15) is 4.79 Å². The van der Waals surface area contributed by atoms with E-state index in [0.717, 1.165) is 35.3 Å². The summed E-state index contributed by atoms with van der Waals surface area (Å²) >= 11 is 0. The molecule has 0 amide bonds. The quantitative estimate of drug-likeness (QED) is 0.880. The third-order valence-corrected chi connectivity index (χ3v) is 3.23. The molecule has 1 N–H and O–H groups in total. The molecule has 1 aromatic carbocycles. The minimum atomic E-state index is -0.811. The van der Waals surface area contributed by atoms with Crippen LogP contribution in [0.2, 0.25) is 0 Å². The number of hydrogen-bond acceptors (Lipinski definition) is 2. The Hall–Kier alpha value is -1.84. The molecule has 1 saturated carbocycles. The molecule has 0 radical (unpaired) electrons. The van der Waals surface area contributed by atoms with Gasteiger partial charge in [-0.15, -0.1) is 0 Å². The Kier molecular flexibility index (Phi) is 2.18. The fourth-order valence-electron chi connectivity index (χ4n) is 2.33. The van der Waals surface area contributed by atoms with Crippen LogP contribution in [0.4, 0.5) is 0 Å². The molecule has 1 aromatic heterocycles. The number of aryl methyl sites for hydroxylation is 1. The van der Waals surface area contributed by atoms with Gasteiger partial charge in [0, 0.05) is 5.92 Å². The van der Waals surface area contributed by atoms with Crippen LogP contribution < -0.4 is 0 Å². The number of rotatable bonds is 3. The summed E-state index contributed by atoms with van der Waals surface area (Å²) in [5.41, 5.74) is 2.97. The van der Waals surface area contributed by atoms with Gasteiger partial charge in [0.1, 0.15) is 12.4 Å². The molecule has 2 aromatic rings. The summed E-state index contributed by atoms with van der Waals surface area (Å²) in [6.45, 7) is 2.01. The predicted molar refractivity (Wildman–Crippen MR) is 64.1 cm³/mol. The Bertz CT molecular complexity index is 597. The first-order valence-corrected chi connectivity index (χ1v) is 5.84. The highest BCUT2D eigenvalue weighted by Gasteiger charge is 2.30. The third kappa shape index (κ3) is 1.69. The van der Waals surface area contributed by atoms with Gasteiger partial charge in [0.15, 0.2) is 0 Å². The molecule has 0 bridgehead atoms. The topological polar surface area (TPSA) is 55.1 Å². The van der Waals surface area contributed by atoms with Crippen molar-refractivity contribution in [2.45, 2.75) is 32.2 Å². The molecule has 0 aliphatic heterocycles. The molecule has 3 rings (SSSR count). The van der Waals surface area contributed by atoms with E-state index in [0.29, 0.717) is 5.92 Å². The lowest BCUT2D eigenvalue weighted by Crippen LogP contribution is -2.11. The van der Waals surface area contributed by atoms with Gasteiger partial charge in [-0.1, -0.05) is 12.1 Å². The maximum absolute atomic E-state index is 11.0. The first-order chi connectivity index (χ1) is 8.16. The number of aliphatic carboxylic acids is 1. The maximum Gasteiger partial charge on any atom is 0.323 e. The van der Waals surface area contributed by atoms with E-state index in [1.807, 2.05) is 29.7 Å². The number of carboxylic acid groups (broad SMARTS) is 1. The van der Waals surface area contributed by atoms with E-state index in [4.69, 9.17) is 5.11 Å². The highest BCUT2D eigenvalue weighted by atomic mass is 16.4. The van der Waals surface area contributed by atoms with Crippen LogP contribution in [0.15, 0.2) is 18.2 Å². The second kappa shape index (κ2) is 3.58. The Morgan fingerprint density at radius 1 is 1.53 bits per heavy atom. The van der Waals surface area contributed by atoms with E-state index in [2.05, 4.69) is 4.98 Å². The lowest BCUT2D eigenvalue weighted by Gasteiger charge is -2.06. The monoisotopic (exact) mass is 230 g/mol. The standard InChI is InChI=1S/C13H14N2O2/c1-8-3-2-4-10-12(8)15(7-11(16)17)13(14-10)9-5-6-9/h2-4,9H,5-7H2,1H3,(H,16,17). The fourth-order valence-corrected chi connectivity index (χ4v) is 2.33. The summed E-state index contributed by atoms with van der Waals surface area (Å²) in [5.74, 6) is 0.590. The lowest BCUT2D eigenvalue weighted by atomic mass is 10.2. The van der Waals surface area contributed by atoms with E-state index >= 15 is 0 Å². The normalized spacial score (nSPS) is 15.4. The number of nitrogens with zero attached hydrogens (tertiary/aromatic N) is 2. The van der Waals surface area contributed by atoms with E-state index in [1.165, 1.54) is 0 Å². The van der Waals surface area contributed by atoms with Crippen molar-refractivity contribution in [3.05, 3.63) is 29.6 Å². The molecule has 1 aliphatic carbocycles. The van der Waals surface area contributed by atoms with E-state index < -0.39 is 5.97 Å².